The van der Waals surface area contributed by atoms with Crippen molar-refractivity contribution in [2.75, 3.05) is 0 Å². The van der Waals surface area contributed by atoms with Crippen molar-refractivity contribution in [3.8, 4) is 11.1 Å². The van der Waals surface area contributed by atoms with Crippen molar-refractivity contribution >= 4 is 43.4 Å². The van der Waals surface area contributed by atoms with Crippen LogP contribution < -0.4 is 11.5 Å². The lowest BCUT2D eigenvalue weighted by Crippen LogP contribution is -2.01. The Balaban J connectivity index is 0.000000147. The summed E-state index contributed by atoms with van der Waals surface area (Å²) in [4.78, 5) is 9.44. The van der Waals surface area contributed by atoms with Gasteiger partial charge in [-0.3, -0.25) is 9.97 Å². The lowest BCUT2D eigenvalue weighted by Gasteiger charge is -2.11. The number of aryl methyl sites for hydroxylation is 1. The van der Waals surface area contributed by atoms with Crippen molar-refractivity contribution in [3.63, 3.8) is 0 Å². The Hall–Kier alpha value is -4.64. The van der Waals surface area contributed by atoms with E-state index in [1.165, 1.54) is 49.0 Å². The Kier molecular flexibility index (Phi) is 6.72. The first-order valence-electron chi connectivity index (χ1n) is 13.2. The summed E-state index contributed by atoms with van der Waals surface area (Å²) in [5.41, 5.74) is 19.1. The Bertz CT molecular complexity index is 1940. The molecule has 0 aliphatic heterocycles. The fourth-order valence-corrected chi connectivity index (χ4v) is 5.28. The maximum atomic E-state index is 5.87. The smallest absolute Gasteiger partial charge is 0.0790 e. The monoisotopic (exact) mass is 506 g/mol. The van der Waals surface area contributed by atoms with Crippen LogP contribution in [0.25, 0.3) is 54.5 Å². The van der Waals surface area contributed by atoms with E-state index in [4.69, 9.17) is 16.5 Å². The van der Waals surface area contributed by atoms with E-state index in [1.54, 1.807) is 0 Å². The molecule has 0 atom stereocenters. The third-order valence-corrected chi connectivity index (χ3v) is 7.22. The lowest BCUT2D eigenvalue weighted by molar-refractivity contribution is 1.00. The van der Waals surface area contributed by atoms with Crippen LogP contribution >= 0.6 is 0 Å². The number of hydrogen-bond acceptors (Lipinski definition) is 4. The van der Waals surface area contributed by atoms with E-state index in [-0.39, 0.29) is 0 Å². The standard InChI is InChI=1S/C20H16N2.C15H14N2/c21-13-16-12-19(14-6-2-1-3-7-14)18-11-10-15-8-4-5-9-17(15)20(18)22-16;1-10-8-12(9-16)17-15-13(10)7-6-11-4-2-3-5-14(11)15/h1-12H,13,21H2;2-8H,9,16H2,1H3. The molecule has 2 aromatic heterocycles. The van der Waals surface area contributed by atoms with Crippen LogP contribution in [0.15, 0.2) is 115 Å². The molecule has 4 heteroatoms. The number of nitrogens with zero attached hydrogens (tertiary/aromatic N) is 2. The molecule has 2 heterocycles. The van der Waals surface area contributed by atoms with Gasteiger partial charge in [0.15, 0.2) is 0 Å². The average Bonchev–Trinajstić information content (AvgIpc) is 3.01. The summed E-state index contributed by atoms with van der Waals surface area (Å²) in [6.45, 7) is 3.04. The van der Waals surface area contributed by atoms with Gasteiger partial charge in [0, 0.05) is 34.6 Å². The van der Waals surface area contributed by atoms with Crippen molar-refractivity contribution in [3.05, 3.63) is 132 Å². The summed E-state index contributed by atoms with van der Waals surface area (Å²) in [5, 5.41) is 7.18. The quantitative estimate of drug-likeness (QED) is 0.241. The molecule has 39 heavy (non-hydrogen) atoms. The minimum absolute atomic E-state index is 0.443. The molecule has 0 spiro atoms. The van der Waals surface area contributed by atoms with Crippen molar-refractivity contribution in [2.24, 2.45) is 11.5 Å². The number of aromatic nitrogens is 2. The topological polar surface area (TPSA) is 77.8 Å². The zero-order valence-electron chi connectivity index (χ0n) is 21.9. The van der Waals surface area contributed by atoms with Gasteiger partial charge in [-0.15, -0.1) is 0 Å². The van der Waals surface area contributed by atoms with E-state index in [9.17, 15) is 0 Å². The van der Waals surface area contributed by atoms with E-state index in [2.05, 4.69) is 109 Å². The molecule has 0 aliphatic carbocycles. The van der Waals surface area contributed by atoms with Crippen molar-refractivity contribution in [1.82, 2.24) is 9.97 Å². The third-order valence-electron chi connectivity index (χ3n) is 7.22. The molecule has 7 rings (SSSR count). The van der Waals surface area contributed by atoms with Gasteiger partial charge in [-0.25, -0.2) is 0 Å². The fraction of sp³-hybridized carbons (Fsp3) is 0.0857. The molecule has 0 aliphatic rings. The van der Waals surface area contributed by atoms with E-state index in [1.807, 2.05) is 18.2 Å². The molecular weight excluding hydrogens is 476 g/mol. The molecule has 4 nitrogen and oxygen atoms in total. The number of benzene rings is 5. The predicted molar refractivity (Wildman–Crippen MR) is 164 cm³/mol. The molecule has 0 unspecified atom stereocenters. The summed E-state index contributed by atoms with van der Waals surface area (Å²) < 4.78 is 0. The van der Waals surface area contributed by atoms with Gasteiger partial charge in [0.1, 0.15) is 0 Å². The Morgan fingerprint density at radius 3 is 1.64 bits per heavy atom. The second kappa shape index (κ2) is 10.6. The SMILES string of the molecule is Cc1cc(CN)nc2c1ccc1ccccc12.NCc1cc(-c2ccccc2)c2ccc3ccccc3c2n1. The highest BCUT2D eigenvalue weighted by Gasteiger charge is 2.10. The fourth-order valence-electron chi connectivity index (χ4n) is 5.28. The molecular formula is C35H30N4. The summed E-state index contributed by atoms with van der Waals surface area (Å²) in [7, 11) is 0. The van der Waals surface area contributed by atoms with Crippen LogP contribution in [0.1, 0.15) is 17.0 Å². The first kappa shape index (κ1) is 24.7. The van der Waals surface area contributed by atoms with Crippen LogP contribution in [0.5, 0.6) is 0 Å². The first-order valence-corrected chi connectivity index (χ1v) is 13.2. The molecule has 7 aromatic rings. The van der Waals surface area contributed by atoms with Gasteiger partial charge in [0.2, 0.25) is 0 Å². The number of rotatable bonds is 3. The molecule has 0 saturated heterocycles. The van der Waals surface area contributed by atoms with Gasteiger partial charge in [-0.1, -0.05) is 103 Å². The minimum Gasteiger partial charge on any atom is -0.325 e. The Morgan fingerprint density at radius 1 is 0.513 bits per heavy atom. The number of nitrogens with two attached hydrogens (primary N) is 2. The van der Waals surface area contributed by atoms with E-state index < -0.39 is 0 Å². The predicted octanol–water partition coefficient (Wildman–Crippen LogP) is 7.67. The van der Waals surface area contributed by atoms with Gasteiger partial charge >= 0.3 is 0 Å². The van der Waals surface area contributed by atoms with Crippen LogP contribution in [0, 0.1) is 6.92 Å². The zero-order chi connectivity index (χ0) is 26.8. The highest BCUT2D eigenvalue weighted by atomic mass is 14.7. The second-order valence-electron chi connectivity index (χ2n) is 9.73. The first-order chi connectivity index (χ1) is 19.2. The van der Waals surface area contributed by atoms with Gasteiger partial charge in [-0.2, -0.15) is 0 Å². The van der Waals surface area contributed by atoms with Gasteiger partial charge in [0.25, 0.3) is 0 Å². The number of hydrogen-bond donors (Lipinski definition) is 2. The Morgan fingerprint density at radius 2 is 1.03 bits per heavy atom. The highest BCUT2D eigenvalue weighted by Crippen LogP contribution is 2.32. The molecule has 0 fully saturated rings. The normalized spacial score (nSPS) is 11.2. The minimum atomic E-state index is 0.443. The van der Waals surface area contributed by atoms with E-state index in [0.29, 0.717) is 13.1 Å². The summed E-state index contributed by atoms with van der Waals surface area (Å²) >= 11 is 0. The van der Waals surface area contributed by atoms with Crippen LogP contribution in [0.3, 0.4) is 0 Å². The number of pyridine rings is 2. The summed E-state index contributed by atoms with van der Waals surface area (Å²) in [6.07, 6.45) is 0. The highest BCUT2D eigenvalue weighted by molar-refractivity contribution is 6.10. The van der Waals surface area contributed by atoms with Crippen LogP contribution in [0.2, 0.25) is 0 Å². The lowest BCUT2D eigenvalue weighted by atomic mass is 9.97. The molecule has 0 radical (unpaired) electrons. The van der Waals surface area contributed by atoms with Gasteiger partial charge in [0.05, 0.1) is 22.4 Å². The van der Waals surface area contributed by atoms with Crippen molar-refractivity contribution < 1.29 is 0 Å². The van der Waals surface area contributed by atoms with Crippen LogP contribution in [-0.4, -0.2) is 9.97 Å². The maximum absolute atomic E-state index is 5.87. The molecule has 4 N–H and O–H groups in total. The largest absolute Gasteiger partial charge is 0.325 e. The molecule has 0 saturated carbocycles. The van der Waals surface area contributed by atoms with E-state index >= 15 is 0 Å². The molecule has 190 valence electrons. The average molecular weight is 507 g/mol. The van der Waals surface area contributed by atoms with Crippen molar-refractivity contribution in [2.45, 2.75) is 20.0 Å². The number of fused-ring (bicyclic) bond motifs is 6. The molecule has 5 aromatic carbocycles. The van der Waals surface area contributed by atoms with Gasteiger partial charge < -0.3 is 11.5 Å². The van der Waals surface area contributed by atoms with Crippen LogP contribution in [0.4, 0.5) is 0 Å². The Labute approximate surface area is 227 Å². The molecule has 0 amide bonds. The van der Waals surface area contributed by atoms with E-state index in [0.717, 1.165) is 22.4 Å². The van der Waals surface area contributed by atoms with Crippen LogP contribution in [-0.2, 0) is 13.1 Å². The van der Waals surface area contributed by atoms with Gasteiger partial charge in [-0.05, 0) is 46.5 Å². The zero-order valence-corrected chi connectivity index (χ0v) is 21.9. The second-order valence-corrected chi connectivity index (χ2v) is 9.73. The summed E-state index contributed by atoms with van der Waals surface area (Å²) in [6, 6.07) is 39.9. The maximum Gasteiger partial charge on any atom is 0.0790 e. The summed E-state index contributed by atoms with van der Waals surface area (Å²) in [5.74, 6) is 0. The third kappa shape index (κ3) is 4.72. The molecule has 0 bridgehead atoms. The van der Waals surface area contributed by atoms with Crippen molar-refractivity contribution in [1.29, 1.82) is 0 Å².